The first-order chi connectivity index (χ1) is 37.8. The Labute approximate surface area is 490 Å². The maximum Gasteiger partial charge on any atom is 0.326 e. The lowest BCUT2D eigenvalue weighted by atomic mass is 9.94. The van der Waals surface area contributed by atoms with E-state index in [1.54, 1.807) is 48.5 Å². The van der Waals surface area contributed by atoms with Gasteiger partial charge in [-0.2, -0.15) is 0 Å². The van der Waals surface area contributed by atoms with Crippen molar-refractivity contribution in [3.8, 4) is 0 Å². The summed E-state index contributed by atoms with van der Waals surface area (Å²) in [4.78, 5) is 160. The van der Waals surface area contributed by atoms with Crippen molar-refractivity contribution < 1.29 is 57.5 Å². The van der Waals surface area contributed by atoms with Crippen molar-refractivity contribution in [2.45, 2.75) is 203 Å². The molecule has 0 aromatic carbocycles. The first kappa shape index (κ1) is 75.6. The number of nitrogens with zero attached hydrogens (tertiary/aromatic N) is 6. The number of urea groups is 1. The summed E-state index contributed by atoms with van der Waals surface area (Å²) < 4.78 is 5.70. The van der Waals surface area contributed by atoms with Crippen LogP contribution in [0, 0.1) is 29.6 Å². The molecule has 0 heterocycles. The molecule has 468 valence electrons. The van der Waals surface area contributed by atoms with E-state index in [-0.39, 0.29) is 55.6 Å². The summed E-state index contributed by atoms with van der Waals surface area (Å²) in [7, 11) is 11.2. The Morgan fingerprint density at radius 3 is 1.56 bits per heavy atom. The van der Waals surface area contributed by atoms with Gasteiger partial charge in [0.15, 0.2) is 0 Å². The molecule has 23 nitrogen and oxygen atoms in total. The van der Waals surface area contributed by atoms with Crippen LogP contribution in [-0.2, 0) is 52.7 Å². The molecule has 5 N–H and O–H groups in total. The summed E-state index contributed by atoms with van der Waals surface area (Å²) in [6, 6.07) is -9.74. The second-order valence-electron chi connectivity index (χ2n) is 23.9. The first-order valence-electron chi connectivity index (χ1n) is 28.7. The van der Waals surface area contributed by atoms with Gasteiger partial charge < -0.3 is 55.8 Å². The Hall–Kier alpha value is -6.39. The fraction of sp³-hybridized carbons (Fsp3) is 0.746. The minimum absolute atomic E-state index is 0.0480. The zero-order valence-electron chi connectivity index (χ0n) is 53.9. The minimum Gasteiger partial charge on any atom is -0.379 e. The fourth-order valence-corrected chi connectivity index (χ4v) is 9.02. The van der Waals surface area contributed by atoms with E-state index in [2.05, 4.69) is 33.2 Å². The molecule has 0 aliphatic rings. The number of amides is 12. The highest BCUT2D eigenvalue weighted by Gasteiger charge is 2.42. The van der Waals surface area contributed by atoms with Gasteiger partial charge in [0.05, 0.1) is 5.60 Å². The zero-order chi connectivity index (χ0) is 64.0. The number of rotatable bonds is 33. The summed E-state index contributed by atoms with van der Waals surface area (Å²) >= 11 is 0. The number of hydrogen-bond donors (Lipinski definition) is 5. The van der Waals surface area contributed by atoms with Crippen LogP contribution in [0.15, 0.2) is 24.4 Å². The third-order valence-corrected chi connectivity index (χ3v) is 14.8. The van der Waals surface area contributed by atoms with Crippen LogP contribution >= 0.6 is 0 Å². The Morgan fingerprint density at radius 2 is 1.09 bits per heavy atom. The van der Waals surface area contributed by atoms with Crippen LogP contribution in [0.5, 0.6) is 0 Å². The van der Waals surface area contributed by atoms with E-state index in [0.717, 1.165) is 14.7 Å². The summed E-state index contributed by atoms with van der Waals surface area (Å²) in [6.45, 7) is 30.3. The predicted molar refractivity (Wildman–Crippen MR) is 317 cm³/mol. The van der Waals surface area contributed by atoms with E-state index in [1.807, 2.05) is 53.7 Å². The predicted octanol–water partition coefficient (Wildman–Crippen LogP) is 4.06. The maximum absolute atomic E-state index is 14.6. The number of carbonyl (C=O) groups is 11. The van der Waals surface area contributed by atoms with Crippen LogP contribution < -0.4 is 26.6 Å². The van der Waals surface area contributed by atoms with Crippen LogP contribution in [0.4, 0.5) is 4.79 Å². The van der Waals surface area contributed by atoms with Crippen LogP contribution in [0.25, 0.3) is 0 Å². The van der Waals surface area contributed by atoms with Crippen molar-refractivity contribution in [1.29, 1.82) is 0 Å². The SMILES string of the molecule is C=C(C(=O)N(C)[C@@H](CC(C)(C)OC)C(=O)N[C@H](C(=O)N(C)[C@@H](CC(C)C)C(=O)N[C@H](C)C(=O)N[C@H](C)C(=O)NC)C(C)C)N(C)C(=O)[C@H](CC)NC(=O)C(C[C@H](C)C/C=C/C)N(C)C(=O)[C@H](C(C)C)N(C)C(=O)N(C)C(=O)CCC(C)C. The molecule has 1 unspecified atom stereocenters. The third kappa shape index (κ3) is 22.7. The van der Waals surface area contributed by atoms with Crippen molar-refractivity contribution >= 4 is 65.1 Å². The number of hydrogen-bond acceptors (Lipinski definition) is 12. The molecule has 0 radical (unpaired) electrons. The highest BCUT2D eigenvalue weighted by molar-refractivity contribution is 6.02. The first-order valence-corrected chi connectivity index (χ1v) is 28.7. The third-order valence-electron chi connectivity index (χ3n) is 14.8. The molecule has 0 aromatic rings. The molecule has 82 heavy (non-hydrogen) atoms. The molecule has 0 saturated heterocycles. The second kappa shape index (κ2) is 34.9. The van der Waals surface area contributed by atoms with Gasteiger partial charge in [-0.1, -0.05) is 88.0 Å². The Bertz CT molecular complexity index is 2250. The normalized spacial score (nSPS) is 15.0. The number of nitrogens with one attached hydrogen (secondary N) is 5. The van der Waals surface area contributed by atoms with Gasteiger partial charge in [-0.15, -0.1) is 0 Å². The van der Waals surface area contributed by atoms with Gasteiger partial charge in [0.25, 0.3) is 5.91 Å². The molecule has 9 atom stereocenters. The fourth-order valence-electron chi connectivity index (χ4n) is 9.02. The van der Waals surface area contributed by atoms with Gasteiger partial charge in [0.2, 0.25) is 53.2 Å². The number of likely N-dealkylation sites (N-methyl/N-ethyl adjacent to an activating group) is 6. The maximum atomic E-state index is 14.6. The average Bonchev–Trinajstić information content (AvgIpc) is 3.45. The van der Waals surface area contributed by atoms with E-state index in [4.69, 9.17) is 4.74 Å². The second-order valence-corrected chi connectivity index (χ2v) is 23.9. The molecular weight excluding hydrogens is 1050 g/mol. The summed E-state index contributed by atoms with van der Waals surface area (Å²) in [5.74, 6) is -7.25. The van der Waals surface area contributed by atoms with Crippen molar-refractivity contribution in [2.24, 2.45) is 29.6 Å². The topological polar surface area (TPSA) is 277 Å². The molecule has 0 fully saturated rings. The molecule has 0 saturated carbocycles. The lowest BCUT2D eigenvalue weighted by Crippen LogP contribution is -2.61. The van der Waals surface area contributed by atoms with Gasteiger partial charge in [-0.3, -0.25) is 52.8 Å². The quantitative estimate of drug-likeness (QED) is 0.0460. The molecule has 0 aliphatic carbocycles. The van der Waals surface area contributed by atoms with E-state index in [9.17, 15) is 52.7 Å². The van der Waals surface area contributed by atoms with Crippen LogP contribution in [-0.4, -0.2) is 205 Å². The van der Waals surface area contributed by atoms with Gasteiger partial charge in [-0.25, -0.2) is 4.79 Å². The number of carbonyl (C=O) groups excluding carboxylic acids is 11. The Morgan fingerprint density at radius 1 is 0.585 bits per heavy atom. The molecule has 0 spiro atoms. The minimum atomic E-state index is -1.33. The Kier molecular flexibility index (Phi) is 32.2. The smallest absolute Gasteiger partial charge is 0.326 e. The Balaban J connectivity index is 6.95. The highest BCUT2D eigenvalue weighted by atomic mass is 16.5. The molecule has 0 rings (SSSR count). The monoisotopic (exact) mass is 1160 g/mol. The lowest BCUT2D eigenvalue weighted by Gasteiger charge is -2.38. The van der Waals surface area contributed by atoms with E-state index in [1.165, 1.54) is 85.0 Å². The van der Waals surface area contributed by atoms with Crippen molar-refractivity contribution in [3.05, 3.63) is 24.4 Å². The lowest BCUT2D eigenvalue weighted by molar-refractivity contribution is -0.147. The molecular formula is C59H105N11O12. The van der Waals surface area contributed by atoms with E-state index >= 15 is 0 Å². The average molecular weight is 1160 g/mol. The molecule has 23 heteroatoms. The number of methoxy groups -OCH3 is 1. The van der Waals surface area contributed by atoms with Crippen molar-refractivity contribution in [3.63, 3.8) is 0 Å². The van der Waals surface area contributed by atoms with Crippen molar-refractivity contribution in [1.82, 2.24) is 56.0 Å². The van der Waals surface area contributed by atoms with Crippen LogP contribution in [0.2, 0.25) is 0 Å². The van der Waals surface area contributed by atoms with Crippen molar-refractivity contribution in [2.75, 3.05) is 56.4 Å². The van der Waals surface area contributed by atoms with Gasteiger partial charge in [-0.05, 0) is 96.3 Å². The summed E-state index contributed by atoms with van der Waals surface area (Å²) in [5, 5.41) is 13.3. The summed E-state index contributed by atoms with van der Waals surface area (Å²) in [6.07, 6.45) is 5.41. The number of imide groups is 1. The summed E-state index contributed by atoms with van der Waals surface area (Å²) in [5.41, 5.74) is -1.38. The van der Waals surface area contributed by atoms with E-state index < -0.39 is 131 Å². The van der Waals surface area contributed by atoms with E-state index in [0.29, 0.717) is 12.8 Å². The highest BCUT2D eigenvalue weighted by Crippen LogP contribution is 2.24. The number of ether oxygens (including phenoxy) is 1. The van der Waals surface area contributed by atoms with Gasteiger partial charge in [0, 0.05) is 69.3 Å². The van der Waals surface area contributed by atoms with Gasteiger partial charge >= 0.3 is 6.03 Å². The molecule has 12 amide bonds. The zero-order valence-corrected chi connectivity index (χ0v) is 53.9. The molecule has 0 aliphatic heterocycles. The molecule has 0 bridgehead atoms. The standard InChI is InChI=1S/C59H105N11O12/c1-25-27-28-38(11)32-44(67(20)57(80)48(37(9)10)70(23)58(81)69(22)46(71)30-29-34(3)4)52(75)63-42(26-2)55(78)65(18)41(14)54(77)68(21)45(33-59(15,16)82-24)53(76)64-47(36(7)8)56(79)66(19)43(31-35(5)6)51(74)62-40(13)50(73)61-39(12)49(72)60-17/h25,27,34-40,42-45,47-48H,14,26,28-33H2,1-13,15-24H3,(H,60,72)(H,61,73)(H,62,74)(H,63,75)(H,64,76)/b27-25+/t38-,39-,40-,42+,43+,44?,45+,47+,48+/m1/s1. The van der Waals surface area contributed by atoms with Crippen LogP contribution in [0.3, 0.4) is 0 Å². The number of allylic oxidation sites excluding steroid dienone is 2. The molecule has 0 aromatic heterocycles. The van der Waals surface area contributed by atoms with Crippen LogP contribution in [0.1, 0.15) is 149 Å². The largest absolute Gasteiger partial charge is 0.379 e. The van der Waals surface area contributed by atoms with Gasteiger partial charge in [0.1, 0.15) is 54.0 Å².